The highest BCUT2D eigenvalue weighted by Crippen LogP contribution is 2.33. The molecule has 7 heteroatoms. The smallest absolute Gasteiger partial charge is 0.243 e. The summed E-state index contributed by atoms with van der Waals surface area (Å²) in [5, 5.41) is 0. The van der Waals surface area contributed by atoms with Crippen LogP contribution in [0.25, 0.3) is 0 Å². The third-order valence-corrected chi connectivity index (χ3v) is 7.42. The number of benzene rings is 1. The molecular formula is C14H20Br2N2O2S. The van der Waals surface area contributed by atoms with Crippen molar-refractivity contribution in [3.8, 4) is 0 Å². The van der Waals surface area contributed by atoms with Gasteiger partial charge in [-0.1, -0.05) is 19.3 Å². The van der Waals surface area contributed by atoms with Crippen molar-refractivity contribution in [3.63, 3.8) is 0 Å². The standard InChI is InChI=1S/C14H20Br2N2O2S/c1-9(10-5-3-2-4-6-10)18-21(19,20)14-12(15)7-11(17)8-13(14)16/h7-10,18H,2-6,17H2,1H3. The minimum absolute atomic E-state index is 0.0633. The quantitative estimate of drug-likeness (QED) is 0.695. The summed E-state index contributed by atoms with van der Waals surface area (Å²) < 4.78 is 29.0. The Balaban J connectivity index is 2.22. The lowest BCUT2D eigenvalue weighted by atomic mass is 9.85. The molecule has 1 atom stereocenters. The van der Waals surface area contributed by atoms with Gasteiger partial charge in [0.1, 0.15) is 4.90 Å². The van der Waals surface area contributed by atoms with E-state index in [1.165, 1.54) is 19.3 Å². The van der Waals surface area contributed by atoms with Crippen LogP contribution in [0.2, 0.25) is 0 Å². The van der Waals surface area contributed by atoms with Crippen LogP contribution in [0.3, 0.4) is 0 Å². The molecule has 0 amide bonds. The van der Waals surface area contributed by atoms with Crippen molar-refractivity contribution in [2.45, 2.75) is 50.0 Å². The lowest BCUT2D eigenvalue weighted by Gasteiger charge is -2.28. The maximum absolute atomic E-state index is 12.6. The van der Waals surface area contributed by atoms with Gasteiger partial charge in [0.05, 0.1) is 0 Å². The van der Waals surface area contributed by atoms with E-state index in [2.05, 4.69) is 36.6 Å². The van der Waals surface area contributed by atoms with Crippen LogP contribution in [-0.4, -0.2) is 14.5 Å². The van der Waals surface area contributed by atoms with E-state index in [4.69, 9.17) is 5.73 Å². The molecular weight excluding hydrogens is 420 g/mol. The molecule has 0 saturated heterocycles. The molecule has 118 valence electrons. The Bertz CT molecular complexity index is 590. The van der Waals surface area contributed by atoms with Crippen LogP contribution in [-0.2, 0) is 10.0 Å². The maximum atomic E-state index is 12.6. The average molecular weight is 440 g/mol. The number of nitrogens with one attached hydrogen (secondary N) is 1. The topological polar surface area (TPSA) is 72.2 Å². The summed E-state index contributed by atoms with van der Waals surface area (Å²) in [4.78, 5) is 0.208. The van der Waals surface area contributed by atoms with Gasteiger partial charge in [0.2, 0.25) is 10.0 Å². The Morgan fingerprint density at radius 3 is 2.24 bits per heavy atom. The first-order valence-corrected chi connectivity index (χ1v) is 10.1. The first kappa shape index (κ1) is 17.2. The second kappa shape index (κ2) is 6.98. The van der Waals surface area contributed by atoms with Gasteiger partial charge in [0.15, 0.2) is 0 Å². The molecule has 0 heterocycles. The fourth-order valence-corrected chi connectivity index (χ4v) is 6.80. The van der Waals surface area contributed by atoms with Gasteiger partial charge in [-0.25, -0.2) is 13.1 Å². The van der Waals surface area contributed by atoms with Crippen molar-refractivity contribution in [1.29, 1.82) is 0 Å². The highest BCUT2D eigenvalue weighted by atomic mass is 79.9. The van der Waals surface area contributed by atoms with Crippen molar-refractivity contribution < 1.29 is 8.42 Å². The SMILES string of the molecule is CC(NS(=O)(=O)c1c(Br)cc(N)cc1Br)C1CCCCC1. The number of halogens is 2. The molecule has 2 rings (SSSR count). The predicted molar refractivity (Wildman–Crippen MR) is 92.6 cm³/mol. The average Bonchev–Trinajstić information content (AvgIpc) is 2.37. The van der Waals surface area contributed by atoms with Gasteiger partial charge in [-0.2, -0.15) is 0 Å². The van der Waals surface area contributed by atoms with Crippen molar-refractivity contribution >= 4 is 47.6 Å². The second-order valence-electron chi connectivity index (χ2n) is 5.62. The van der Waals surface area contributed by atoms with Crippen molar-refractivity contribution in [2.75, 3.05) is 5.73 Å². The third kappa shape index (κ3) is 4.21. The number of anilines is 1. The van der Waals surface area contributed by atoms with E-state index < -0.39 is 10.0 Å². The largest absolute Gasteiger partial charge is 0.399 e. The van der Waals surface area contributed by atoms with Crippen molar-refractivity contribution in [2.24, 2.45) is 5.92 Å². The zero-order valence-electron chi connectivity index (χ0n) is 11.9. The molecule has 3 N–H and O–H groups in total. The van der Waals surface area contributed by atoms with Gasteiger partial charge in [-0.05, 0) is 69.7 Å². The lowest BCUT2D eigenvalue weighted by Crippen LogP contribution is -2.39. The number of hydrogen-bond donors (Lipinski definition) is 2. The maximum Gasteiger partial charge on any atom is 0.243 e. The van der Waals surface area contributed by atoms with E-state index in [9.17, 15) is 8.42 Å². The molecule has 1 fully saturated rings. The molecule has 0 aliphatic heterocycles. The van der Waals surface area contributed by atoms with Crippen LogP contribution in [0.5, 0.6) is 0 Å². The van der Waals surface area contributed by atoms with Gasteiger partial charge < -0.3 is 5.73 Å². The van der Waals surface area contributed by atoms with Crippen LogP contribution >= 0.6 is 31.9 Å². The van der Waals surface area contributed by atoms with Gasteiger partial charge >= 0.3 is 0 Å². The summed E-state index contributed by atoms with van der Waals surface area (Å²) in [5.74, 6) is 0.417. The first-order chi connectivity index (χ1) is 9.81. The first-order valence-electron chi connectivity index (χ1n) is 7.08. The number of nitrogen functional groups attached to an aromatic ring is 1. The van der Waals surface area contributed by atoms with Gasteiger partial charge in [-0.15, -0.1) is 0 Å². The van der Waals surface area contributed by atoms with Crippen LogP contribution in [0, 0.1) is 5.92 Å². The van der Waals surface area contributed by atoms with Gasteiger partial charge in [0, 0.05) is 20.7 Å². The minimum atomic E-state index is -3.59. The normalized spacial score (nSPS) is 18.6. The Kier molecular flexibility index (Phi) is 5.73. The molecule has 1 aliphatic carbocycles. The number of nitrogens with two attached hydrogens (primary N) is 1. The summed E-state index contributed by atoms with van der Waals surface area (Å²) in [6.07, 6.45) is 5.81. The number of sulfonamides is 1. The fourth-order valence-electron chi connectivity index (χ4n) is 2.87. The van der Waals surface area contributed by atoms with E-state index in [1.807, 2.05) is 6.92 Å². The van der Waals surface area contributed by atoms with E-state index in [-0.39, 0.29) is 10.9 Å². The Morgan fingerprint density at radius 2 is 1.71 bits per heavy atom. The minimum Gasteiger partial charge on any atom is -0.399 e. The van der Waals surface area contributed by atoms with Crippen molar-refractivity contribution in [3.05, 3.63) is 21.1 Å². The summed E-state index contributed by atoms with van der Waals surface area (Å²) in [7, 11) is -3.59. The number of hydrogen-bond acceptors (Lipinski definition) is 3. The summed E-state index contributed by atoms with van der Waals surface area (Å²) in [5.41, 5.74) is 6.22. The molecule has 1 aliphatic rings. The van der Waals surface area contributed by atoms with Gasteiger partial charge in [-0.3, -0.25) is 0 Å². The second-order valence-corrected chi connectivity index (χ2v) is 8.98. The molecule has 1 unspecified atom stereocenters. The van der Waals surface area contributed by atoms with E-state index >= 15 is 0 Å². The molecule has 0 aromatic heterocycles. The Morgan fingerprint density at radius 1 is 1.19 bits per heavy atom. The zero-order valence-corrected chi connectivity index (χ0v) is 15.9. The molecule has 1 aromatic rings. The summed E-state index contributed by atoms with van der Waals surface area (Å²) in [6, 6.07) is 3.14. The van der Waals surface area contributed by atoms with Crippen molar-refractivity contribution in [1.82, 2.24) is 4.72 Å². The molecule has 0 bridgehead atoms. The highest BCUT2D eigenvalue weighted by molar-refractivity contribution is 9.11. The third-order valence-electron chi connectivity index (χ3n) is 3.99. The molecule has 21 heavy (non-hydrogen) atoms. The van der Waals surface area contributed by atoms with E-state index in [1.54, 1.807) is 12.1 Å². The lowest BCUT2D eigenvalue weighted by molar-refractivity contribution is 0.303. The fraction of sp³-hybridized carbons (Fsp3) is 0.571. The van der Waals surface area contributed by atoms with Crippen LogP contribution in [0.4, 0.5) is 5.69 Å². The van der Waals surface area contributed by atoms with Crippen LogP contribution in [0.15, 0.2) is 26.0 Å². The van der Waals surface area contributed by atoms with Gasteiger partial charge in [0.25, 0.3) is 0 Å². The molecule has 0 spiro atoms. The Hall–Kier alpha value is -0.110. The Labute approximate surface area is 143 Å². The molecule has 1 saturated carbocycles. The summed E-state index contributed by atoms with van der Waals surface area (Å²) >= 11 is 6.58. The summed E-state index contributed by atoms with van der Waals surface area (Å²) in [6.45, 7) is 1.95. The highest BCUT2D eigenvalue weighted by Gasteiger charge is 2.28. The number of rotatable bonds is 4. The van der Waals surface area contributed by atoms with Crippen LogP contribution in [0.1, 0.15) is 39.0 Å². The van der Waals surface area contributed by atoms with E-state index in [0.717, 1.165) is 12.8 Å². The molecule has 4 nitrogen and oxygen atoms in total. The molecule has 1 aromatic carbocycles. The van der Waals surface area contributed by atoms with E-state index in [0.29, 0.717) is 20.6 Å². The van der Waals surface area contributed by atoms with Crippen LogP contribution < -0.4 is 10.5 Å². The monoisotopic (exact) mass is 438 g/mol. The molecule has 0 radical (unpaired) electrons. The zero-order chi connectivity index (χ0) is 15.6. The predicted octanol–water partition coefficient (Wildman–Crippen LogP) is 4.04.